The van der Waals surface area contributed by atoms with Gasteiger partial charge in [0.05, 0.1) is 22.0 Å². The molecule has 134 valence electrons. The molecular formula is C18H14BrClFN3O2. The first kappa shape index (κ1) is 17.3. The van der Waals surface area contributed by atoms with Gasteiger partial charge in [-0.1, -0.05) is 27.5 Å². The van der Waals surface area contributed by atoms with Crippen molar-refractivity contribution in [3.05, 3.63) is 51.5 Å². The van der Waals surface area contributed by atoms with E-state index in [-0.39, 0.29) is 28.3 Å². The van der Waals surface area contributed by atoms with Gasteiger partial charge in [-0.2, -0.15) is 0 Å². The van der Waals surface area contributed by atoms with E-state index in [1.165, 1.54) is 6.07 Å². The molecule has 2 aromatic carbocycles. The van der Waals surface area contributed by atoms with Crippen molar-refractivity contribution in [3.63, 3.8) is 0 Å². The maximum atomic E-state index is 15.0. The number of carbonyl (C=O) groups is 1. The van der Waals surface area contributed by atoms with E-state index in [0.29, 0.717) is 23.2 Å². The molecule has 0 atom stereocenters. The Bertz CT molecular complexity index is 1000. The second kappa shape index (κ2) is 6.89. The molecule has 0 spiro atoms. The van der Waals surface area contributed by atoms with Gasteiger partial charge in [0.1, 0.15) is 5.52 Å². The predicted octanol–water partition coefficient (Wildman–Crippen LogP) is 5.27. The molecule has 0 bridgehead atoms. The minimum Gasteiger partial charge on any atom is -0.443 e. The number of hydrogen-bond acceptors (Lipinski definition) is 4. The second-order valence-electron chi connectivity index (χ2n) is 6.21. The molecule has 26 heavy (non-hydrogen) atoms. The summed E-state index contributed by atoms with van der Waals surface area (Å²) in [6.45, 7) is 0.577. The number of benzene rings is 2. The molecule has 3 aromatic rings. The first-order valence-electron chi connectivity index (χ1n) is 8.09. The van der Waals surface area contributed by atoms with Crippen molar-refractivity contribution in [2.75, 3.05) is 11.9 Å². The normalized spacial score (nSPS) is 13.8. The number of aromatic nitrogens is 1. The van der Waals surface area contributed by atoms with Gasteiger partial charge in [0.15, 0.2) is 17.8 Å². The summed E-state index contributed by atoms with van der Waals surface area (Å²) < 4.78 is 21.0. The van der Waals surface area contributed by atoms with E-state index in [0.717, 1.165) is 23.7 Å². The average Bonchev–Trinajstić information content (AvgIpc) is 3.32. The van der Waals surface area contributed by atoms with Crippen molar-refractivity contribution in [2.45, 2.75) is 12.8 Å². The van der Waals surface area contributed by atoms with E-state index in [2.05, 4.69) is 31.5 Å². The number of nitrogens with zero attached hydrogens (tertiary/aromatic N) is 1. The van der Waals surface area contributed by atoms with Crippen LogP contribution in [0.2, 0.25) is 5.02 Å². The van der Waals surface area contributed by atoms with Gasteiger partial charge in [-0.25, -0.2) is 9.37 Å². The number of hydrogen-bond donors (Lipinski definition) is 2. The zero-order valence-corrected chi connectivity index (χ0v) is 15.8. The number of oxazole rings is 1. The Morgan fingerprint density at radius 1 is 1.38 bits per heavy atom. The summed E-state index contributed by atoms with van der Waals surface area (Å²) in [7, 11) is 0. The molecule has 1 aliphatic carbocycles. The zero-order valence-electron chi connectivity index (χ0n) is 13.5. The van der Waals surface area contributed by atoms with E-state index in [9.17, 15) is 4.79 Å². The fraction of sp³-hybridized carbons (Fsp3) is 0.222. The number of carbonyl (C=O) groups excluding carboxylic acids is 1. The molecule has 0 unspecified atom stereocenters. The molecule has 4 rings (SSSR count). The highest BCUT2D eigenvalue weighted by molar-refractivity contribution is 9.10. The number of anilines is 2. The van der Waals surface area contributed by atoms with E-state index in [4.69, 9.17) is 16.0 Å². The van der Waals surface area contributed by atoms with Crippen LogP contribution in [0.1, 0.15) is 23.2 Å². The third-order valence-electron chi connectivity index (χ3n) is 4.25. The summed E-state index contributed by atoms with van der Waals surface area (Å²) in [6.07, 6.45) is 3.36. The monoisotopic (exact) mass is 437 g/mol. The smallest absolute Gasteiger partial charge is 0.253 e. The molecule has 0 radical (unpaired) electrons. The summed E-state index contributed by atoms with van der Waals surface area (Å²) in [5, 5.41) is 6.17. The number of fused-ring (bicyclic) bond motifs is 1. The number of amides is 1. The molecule has 8 heteroatoms. The molecule has 1 saturated carbocycles. The van der Waals surface area contributed by atoms with Crippen LogP contribution in [-0.2, 0) is 0 Å². The Morgan fingerprint density at radius 2 is 2.19 bits per heavy atom. The Labute approximate surface area is 162 Å². The Kier molecular flexibility index (Phi) is 4.58. The van der Waals surface area contributed by atoms with Crippen LogP contribution < -0.4 is 10.6 Å². The van der Waals surface area contributed by atoms with Crippen LogP contribution in [0.25, 0.3) is 11.1 Å². The van der Waals surface area contributed by atoms with Gasteiger partial charge in [-0.15, -0.1) is 0 Å². The minimum atomic E-state index is -0.660. The lowest BCUT2D eigenvalue weighted by Gasteiger charge is -2.14. The first-order valence-corrected chi connectivity index (χ1v) is 9.26. The standard InChI is InChI=1S/C18H14BrClFN3O2/c19-10-3-4-13(12(20)5-10)24-16-11(18(25)22-7-9-1-2-9)6-14-17(15(16)21)23-8-26-14/h3-6,8-9,24H,1-2,7H2,(H,22,25). The maximum Gasteiger partial charge on any atom is 0.253 e. The fourth-order valence-corrected chi connectivity index (χ4v) is 3.36. The third-order valence-corrected chi connectivity index (χ3v) is 5.06. The van der Waals surface area contributed by atoms with Crippen molar-refractivity contribution < 1.29 is 13.6 Å². The summed E-state index contributed by atoms with van der Waals surface area (Å²) in [4.78, 5) is 16.5. The average molecular weight is 439 g/mol. The molecule has 0 saturated heterocycles. The van der Waals surface area contributed by atoms with E-state index >= 15 is 4.39 Å². The molecule has 1 aliphatic rings. The minimum absolute atomic E-state index is 0.0175. The molecule has 1 aromatic heterocycles. The van der Waals surface area contributed by atoms with Crippen molar-refractivity contribution in [2.24, 2.45) is 5.92 Å². The van der Waals surface area contributed by atoms with Gasteiger partial charge in [-0.3, -0.25) is 4.79 Å². The molecular weight excluding hydrogens is 425 g/mol. The van der Waals surface area contributed by atoms with Crippen LogP contribution in [-0.4, -0.2) is 17.4 Å². The Balaban J connectivity index is 1.75. The second-order valence-corrected chi connectivity index (χ2v) is 7.54. The lowest BCUT2D eigenvalue weighted by atomic mass is 10.1. The van der Waals surface area contributed by atoms with E-state index < -0.39 is 5.82 Å². The predicted molar refractivity (Wildman–Crippen MR) is 101 cm³/mol. The van der Waals surface area contributed by atoms with Crippen LogP contribution in [0, 0.1) is 11.7 Å². The molecule has 5 nitrogen and oxygen atoms in total. The molecule has 1 amide bonds. The van der Waals surface area contributed by atoms with Crippen molar-refractivity contribution in [1.82, 2.24) is 10.3 Å². The topological polar surface area (TPSA) is 67.2 Å². The summed E-state index contributed by atoms with van der Waals surface area (Å²) >= 11 is 9.55. The van der Waals surface area contributed by atoms with Crippen LogP contribution in [0.4, 0.5) is 15.8 Å². The van der Waals surface area contributed by atoms with E-state index in [1.54, 1.807) is 18.2 Å². The van der Waals surface area contributed by atoms with Gasteiger partial charge in [0.2, 0.25) is 0 Å². The van der Waals surface area contributed by atoms with Gasteiger partial charge >= 0.3 is 0 Å². The lowest BCUT2D eigenvalue weighted by molar-refractivity contribution is 0.0952. The SMILES string of the molecule is O=C(NCC1CC1)c1cc2ocnc2c(F)c1Nc1ccc(Br)cc1Cl. The van der Waals surface area contributed by atoms with Crippen molar-refractivity contribution in [3.8, 4) is 0 Å². The maximum absolute atomic E-state index is 15.0. The third kappa shape index (κ3) is 3.41. The number of rotatable bonds is 5. The zero-order chi connectivity index (χ0) is 18.3. The molecule has 1 fully saturated rings. The molecule has 1 heterocycles. The number of nitrogens with one attached hydrogen (secondary N) is 2. The fourth-order valence-electron chi connectivity index (χ4n) is 2.64. The Morgan fingerprint density at radius 3 is 2.92 bits per heavy atom. The summed E-state index contributed by atoms with van der Waals surface area (Å²) in [5.74, 6) is -0.522. The summed E-state index contributed by atoms with van der Waals surface area (Å²) in [6, 6.07) is 6.64. The van der Waals surface area contributed by atoms with Crippen LogP contribution in [0.5, 0.6) is 0 Å². The first-order chi connectivity index (χ1) is 12.5. The molecule has 2 N–H and O–H groups in total. The lowest BCUT2D eigenvalue weighted by Crippen LogP contribution is -2.26. The van der Waals surface area contributed by atoms with Crippen LogP contribution >= 0.6 is 27.5 Å². The molecule has 0 aliphatic heterocycles. The highest BCUT2D eigenvalue weighted by Gasteiger charge is 2.25. The van der Waals surface area contributed by atoms with Gasteiger partial charge in [0.25, 0.3) is 5.91 Å². The van der Waals surface area contributed by atoms with Gasteiger partial charge in [-0.05, 0) is 43.0 Å². The van der Waals surface area contributed by atoms with Crippen molar-refractivity contribution in [1.29, 1.82) is 0 Å². The quantitative estimate of drug-likeness (QED) is 0.570. The van der Waals surface area contributed by atoms with Crippen LogP contribution in [0.3, 0.4) is 0 Å². The Hall–Kier alpha value is -2.12. The highest BCUT2D eigenvalue weighted by atomic mass is 79.9. The highest BCUT2D eigenvalue weighted by Crippen LogP contribution is 2.34. The van der Waals surface area contributed by atoms with Gasteiger partial charge in [0, 0.05) is 11.0 Å². The van der Waals surface area contributed by atoms with Gasteiger partial charge < -0.3 is 15.1 Å². The largest absolute Gasteiger partial charge is 0.443 e. The number of halogens is 3. The van der Waals surface area contributed by atoms with Crippen LogP contribution in [0.15, 0.2) is 39.5 Å². The summed E-state index contributed by atoms with van der Waals surface area (Å²) in [5.41, 5.74) is 0.911. The van der Waals surface area contributed by atoms with Crippen molar-refractivity contribution >= 4 is 55.9 Å². The van der Waals surface area contributed by atoms with E-state index in [1.807, 2.05) is 0 Å².